The second-order valence-corrected chi connectivity index (χ2v) is 9.66. The molecule has 0 aliphatic heterocycles. The van der Waals surface area contributed by atoms with Gasteiger partial charge >= 0.3 is 0 Å². The van der Waals surface area contributed by atoms with Gasteiger partial charge < -0.3 is 24.3 Å². The lowest BCUT2D eigenvalue weighted by Gasteiger charge is -2.16. The van der Waals surface area contributed by atoms with Crippen molar-refractivity contribution in [1.29, 1.82) is 5.26 Å². The van der Waals surface area contributed by atoms with Crippen molar-refractivity contribution in [3.8, 4) is 29.1 Å². The predicted octanol–water partition coefficient (Wildman–Crippen LogP) is 7.56. The molecule has 0 fully saturated rings. The Morgan fingerprint density at radius 2 is 1.56 bits per heavy atom. The number of nitriles is 1. The summed E-state index contributed by atoms with van der Waals surface area (Å²) in [5.74, 6) is 1.71. The molecule has 7 nitrogen and oxygen atoms in total. The Kier molecular flexibility index (Phi) is 10.4. The summed E-state index contributed by atoms with van der Waals surface area (Å²) in [5.41, 5.74) is 3.10. The normalized spacial score (nSPS) is 10.8. The van der Waals surface area contributed by atoms with Crippen molar-refractivity contribution in [3.05, 3.63) is 118 Å². The van der Waals surface area contributed by atoms with Crippen LogP contribution in [0.1, 0.15) is 23.6 Å². The number of hydrogen-bond donors (Lipinski definition) is 1. The molecule has 0 saturated carbocycles. The Morgan fingerprint density at radius 1 is 0.854 bits per heavy atom. The van der Waals surface area contributed by atoms with E-state index in [4.69, 9.17) is 18.9 Å². The summed E-state index contributed by atoms with van der Waals surface area (Å²) < 4.78 is 24.1. The van der Waals surface area contributed by atoms with Crippen LogP contribution in [-0.4, -0.2) is 19.6 Å². The molecule has 4 rings (SSSR count). The second kappa shape index (κ2) is 14.6. The number of nitrogens with zero attached hydrogens (tertiary/aromatic N) is 1. The van der Waals surface area contributed by atoms with Gasteiger partial charge in [-0.1, -0.05) is 54.6 Å². The van der Waals surface area contributed by atoms with Crippen LogP contribution in [-0.2, 0) is 18.0 Å². The van der Waals surface area contributed by atoms with Crippen LogP contribution in [0.2, 0.25) is 0 Å². The highest BCUT2D eigenvalue weighted by atomic mass is 79.9. The number of carbonyl (C=O) groups excluding carboxylic acids is 1. The number of para-hydroxylation sites is 1. The summed E-state index contributed by atoms with van der Waals surface area (Å²) in [5, 5.41) is 12.4. The van der Waals surface area contributed by atoms with Gasteiger partial charge in [-0.05, 0) is 82.0 Å². The van der Waals surface area contributed by atoms with Crippen molar-refractivity contribution in [3.63, 3.8) is 0 Å². The third-order valence-corrected chi connectivity index (χ3v) is 6.48. The lowest BCUT2D eigenvalue weighted by atomic mass is 10.1. The minimum absolute atomic E-state index is 0.0430. The molecule has 1 amide bonds. The summed E-state index contributed by atoms with van der Waals surface area (Å²) in [4.78, 5) is 12.7. The Balaban J connectivity index is 1.49. The van der Waals surface area contributed by atoms with E-state index in [9.17, 15) is 10.1 Å². The third kappa shape index (κ3) is 8.13. The first kappa shape index (κ1) is 29.2. The molecule has 0 saturated heterocycles. The van der Waals surface area contributed by atoms with Crippen LogP contribution in [0.15, 0.2) is 101 Å². The van der Waals surface area contributed by atoms with Gasteiger partial charge in [-0.15, -0.1) is 0 Å². The Labute approximate surface area is 248 Å². The number of hydrogen-bond acceptors (Lipinski definition) is 6. The van der Waals surface area contributed by atoms with Crippen molar-refractivity contribution >= 4 is 33.6 Å². The van der Waals surface area contributed by atoms with Crippen LogP contribution < -0.4 is 24.3 Å². The second-order valence-electron chi connectivity index (χ2n) is 8.80. The van der Waals surface area contributed by atoms with Gasteiger partial charge in [0.25, 0.3) is 5.91 Å². The van der Waals surface area contributed by atoms with E-state index in [0.29, 0.717) is 51.9 Å². The highest BCUT2D eigenvalue weighted by Crippen LogP contribution is 2.38. The largest absolute Gasteiger partial charge is 0.493 e. The number of nitrogens with one attached hydrogen (secondary N) is 1. The zero-order valence-corrected chi connectivity index (χ0v) is 24.3. The molecule has 0 aromatic heterocycles. The van der Waals surface area contributed by atoms with E-state index in [-0.39, 0.29) is 12.2 Å². The number of methoxy groups -OCH3 is 1. The molecule has 1 N–H and O–H groups in total. The molecule has 4 aromatic rings. The van der Waals surface area contributed by atoms with E-state index in [0.717, 1.165) is 11.1 Å². The standard InChI is InChI=1S/C33H29BrN2O5/c1-3-39-31-19-25(16-26(20-35)33(37)36-27-12-8-5-9-13-27)17-28(34)32(31)41-22-24-14-15-29(30(18-24)38-2)40-21-23-10-6-4-7-11-23/h4-19H,3,21-22H2,1-2H3,(H,36,37)/b26-16+. The fraction of sp³-hybridized carbons (Fsp3) is 0.152. The number of anilines is 1. The van der Waals surface area contributed by atoms with E-state index in [1.54, 1.807) is 43.5 Å². The van der Waals surface area contributed by atoms with Gasteiger partial charge in [-0.2, -0.15) is 5.26 Å². The molecule has 0 unspecified atom stereocenters. The molecule has 0 spiro atoms. The molecule has 8 heteroatoms. The molecular formula is C33H29BrN2O5. The Hall–Kier alpha value is -4.74. The van der Waals surface area contributed by atoms with Crippen molar-refractivity contribution in [2.75, 3.05) is 19.0 Å². The van der Waals surface area contributed by atoms with Crippen LogP contribution in [0, 0.1) is 11.3 Å². The summed E-state index contributed by atoms with van der Waals surface area (Å²) in [6, 6.07) is 30.0. The molecular weight excluding hydrogens is 584 g/mol. The van der Waals surface area contributed by atoms with E-state index >= 15 is 0 Å². The van der Waals surface area contributed by atoms with Crippen molar-refractivity contribution in [2.24, 2.45) is 0 Å². The molecule has 41 heavy (non-hydrogen) atoms. The van der Waals surface area contributed by atoms with Crippen LogP contribution in [0.5, 0.6) is 23.0 Å². The molecule has 0 radical (unpaired) electrons. The van der Waals surface area contributed by atoms with E-state index < -0.39 is 5.91 Å². The first-order chi connectivity index (χ1) is 20.0. The van der Waals surface area contributed by atoms with E-state index in [1.165, 1.54) is 6.08 Å². The number of benzene rings is 4. The summed E-state index contributed by atoms with van der Waals surface area (Å²) >= 11 is 3.56. The average molecular weight is 614 g/mol. The Morgan fingerprint density at radius 3 is 2.24 bits per heavy atom. The van der Waals surface area contributed by atoms with E-state index in [2.05, 4.69) is 21.2 Å². The molecule has 208 valence electrons. The maximum absolute atomic E-state index is 12.7. The van der Waals surface area contributed by atoms with Crippen molar-refractivity contribution < 1.29 is 23.7 Å². The van der Waals surface area contributed by atoms with Crippen molar-refractivity contribution in [1.82, 2.24) is 0 Å². The maximum atomic E-state index is 12.7. The lowest BCUT2D eigenvalue weighted by Crippen LogP contribution is -2.13. The zero-order valence-electron chi connectivity index (χ0n) is 22.7. The van der Waals surface area contributed by atoms with Gasteiger partial charge in [0.15, 0.2) is 23.0 Å². The lowest BCUT2D eigenvalue weighted by molar-refractivity contribution is -0.112. The molecule has 0 heterocycles. The minimum Gasteiger partial charge on any atom is -0.493 e. The average Bonchev–Trinajstić information content (AvgIpc) is 2.99. The molecule has 0 atom stereocenters. The molecule has 0 aliphatic rings. The number of carbonyl (C=O) groups is 1. The SMILES string of the molecule is CCOc1cc(/C=C(\C#N)C(=O)Nc2ccccc2)cc(Br)c1OCc1ccc(OCc2ccccc2)c(OC)c1. The summed E-state index contributed by atoms with van der Waals surface area (Å²) in [7, 11) is 1.60. The Bertz CT molecular complexity index is 1550. The van der Waals surface area contributed by atoms with Gasteiger partial charge in [-0.3, -0.25) is 4.79 Å². The molecule has 4 aromatic carbocycles. The van der Waals surface area contributed by atoms with Gasteiger partial charge in [-0.25, -0.2) is 0 Å². The van der Waals surface area contributed by atoms with Gasteiger partial charge in [0.05, 0.1) is 18.2 Å². The number of halogens is 1. The maximum Gasteiger partial charge on any atom is 0.266 e. The topological polar surface area (TPSA) is 89.8 Å². The fourth-order valence-corrected chi connectivity index (χ4v) is 4.50. The smallest absolute Gasteiger partial charge is 0.266 e. The first-order valence-electron chi connectivity index (χ1n) is 12.9. The first-order valence-corrected chi connectivity index (χ1v) is 13.7. The minimum atomic E-state index is -0.502. The molecule has 0 aliphatic carbocycles. The number of ether oxygens (including phenoxy) is 4. The third-order valence-electron chi connectivity index (χ3n) is 5.89. The zero-order chi connectivity index (χ0) is 29.0. The summed E-state index contributed by atoms with van der Waals surface area (Å²) in [6.07, 6.45) is 1.51. The highest BCUT2D eigenvalue weighted by Gasteiger charge is 2.15. The highest BCUT2D eigenvalue weighted by molar-refractivity contribution is 9.10. The number of amides is 1. The fourth-order valence-electron chi connectivity index (χ4n) is 3.92. The monoisotopic (exact) mass is 612 g/mol. The van der Waals surface area contributed by atoms with Gasteiger partial charge in [0.2, 0.25) is 0 Å². The predicted molar refractivity (Wildman–Crippen MR) is 162 cm³/mol. The summed E-state index contributed by atoms with van der Waals surface area (Å²) in [6.45, 7) is 2.94. The van der Waals surface area contributed by atoms with Crippen LogP contribution in [0.3, 0.4) is 0 Å². The van der Waals surface area contributed by atoms with Gasteiger partial charge in [0.1, 0.15) is 24.9 Å². The van der Waals surface area contributed by atoms with Crippen LogP contribution in [0.25, 0.3) is 6.08 Å². The van der Waals surface area contributed by atoms with Crippen LogP contribution >= 0.6 is 15.9 Å². The van der Waals surface area contributed by atoms with Crippen LogP contribution in [0.4, 0.5) is 5.69 Å². The number of rotatable bonds is 12. The van der Waals surface area contributed by atoms with Gasteiger partial charge in [0, 0.05) is 5.69 Å². The van der Waals surface area contributed by atoms with E-state index in [1.807, 2.05) is 67.6 Å². The molecule has 0 bridgehead atoms. The quantitative estimate of drug-likeness (QED) is 0.131. The van der Waals surface area contributed by atoms with Crippen molar-refractivity contribution in [2.45, 2.75) is 20.1 Å².